The normalized spacial score (nSPS) is 19.3. The highest BCUT2D eigenvalue weighted by atomic mass is 32.1. The first-order valence-electron chi connectivity index (χ1n) is 9.10. The van der Waals surface area contributed by atoms with Crippen LogP contribution in [0.25, 0.3) is 11.4 Å². The Bertz CT molecular complexity index is 997. The summed E-state index contributed by atoms with van der Waals surface area (Å²) in [6.45, 7) is 3.77. The van der Waals surface area contributed by atoms with Gasteiger partial charge in [0.2, 0.25) is 11.7 Å². The number of thiophene rings is 1. The number of aryl methyl sites for hydroxylation is 1. The highest BCUT2D eigenvalue weighted by Gasteiger charge is 2.49. The van der Waals surface area contributed by atoms with Crippen LogP contribution in [0.4, 0.5) is 4.79 Å². The van der Waals surface area contributed by atoms with E-state index in [0.717, 1.165) is 28.9 Å². The molecule has 0 radical (unpaired) electrons. The van der Waals surface area contributed by atoms with Crippen LogP contribution in [0.15, 0.2) is 45.6 Å². The summed E-state index contributed by atoms with van der Waals surface area (Å²) >= 11 is 1.53. The predicted molar refractivity (Wildman–Crippen MR) is 104 cm³/mol. The standard InChI is InChI=1S/C20H20N4O3S/c1-3-4-13-5-7-15(8-6-13)20(2)18(25)24(19(26)22-20)11-16-21-17(23-27-16)14-9-10-28-12-14/h5-10,12H,3-4,11H2,1-2H3,(H,22,26). The number of imide groups is 1. The molecule has 1 aliphatic rings. The van der Waals surface area contributed by atoms with Crippen molar-refractivity contribution in [3.05, 3.63) is 58.1 Å². The van der Waals surface area contributed by atoms with E-state index in [4.69, 9.17) is 4.52 Å². The molecule has 4 rings (SSSR count). The van der Waals surface area contributed by atoms with Gasteiger partial charge >= 0.3 is 6.03 Å². The summed E-state index contributed by atoms with van der Waals surface area (Å²) in [6.07, 6.45) is 2.03. The van der Waals surface area contributed by atoms with Crippen molar-refractivity contribution >= 4 is 23.3 Å². The lowest BCUT2D eigenvalue weighted by Gasteiger charge is -2.22. The Morgan fingerprint density at radius 2 is 2.00 bits per heavy atom. The number of nitrogens with zero attached hydrogens (tertiary/aromatic N) is 3. The Balaban J connectivity index is 1.53. The van der Waals surface area contributed by atoms with Gasteiger partial charge in [0.05, 0.1) is 0 Å². The first-order valence-corrected chi connectivity index (χ1v) is 10.0. The van der Waals surface area contributed by atoms with Crippen LogP contribution in [0, 0.1) is 0 Å². The molecule has 7 nitrogen and oxygen atoms in total. The van der Waals surface area contributed by atoms with Crippen molar-refractivity contribution in [3.63, 3.8) is 0 Å². The number of hydrogen-bond acceptors (Lipinski definition) is 6. The molecule has 8 heteroatoms. The first kappa shape index (κ1) is 18.4. The minimum absolute atomic E-state index is 0.0642. The van der Waals surface area contributed by atoms with Gasteiger partial charge in [0.25, 0.3) is 5.91 Å². The van der Waals surface area contributed by atoms with Gasteiger partial charge in [-0.15, -0.1) is 0 Å². The zero-order chi connectivity index (χ0) is 19.7. The molecule has 1 aromatic carbocycles. The molecule has 3 heterocycles. The van der Waals surface area contributed by atoms with Crippen molar-refractivity contribution in [2.75, 3.05) is 0 Å². The quantitative estimate of drug-likeness (QED) is 0.642. The minimum Gasteiger partial charge on any atom is -0.337 e. The monoisotopic (exact) mass is 396 g/mol. The second-order valence-electron chi connectivity index (χ2n) is 6.92. The van der Waals surface area contributed by atoms with Gasteiger partial charge in [0, 0.05) is 10.9 Å². The van der Waals surface area contributed by atoms with Gasteiger partial charge in [0.1, 0.15) is 12.1 Å². The topological polar surface area (TPSA) is 88.3 Å². The summed E-state index contributed by atoms with van der Waals surface area (Å²) in [5, 5.41) is 10.5. The molecule has 0 saturated carbocycles. The van der Waals surface area contributed by atoms with Crippen molar-refractivity contribution in [1.29, 1.82) is 0 Å². The van der Waals surface area contributed by atoms with Crippen LogP contribution >= 0.6 is 11.3 Å². The third-order valence-electron chi connectivity index (χ3n) is 4.89. The fourth-order valence-electron chi connectivity index (χ4n) is 3.29. The van der Waals surface area contributed by atoms with E-state index >= 15 is 0 Å². The number of nitrogens with one attached hydrogen (secondary N) is 1. The molecule has 0 bridgehead atoms. The van der Waals surface area contributed by atoms with Crippen LogP contribution < -0.4 is 5.32 Å². The number of aromatic nitrogens is 2. The lowest BCUT2D eigenvalue weighted by atomic mass is 9.91. The number of benzene rings is 1. The van der Waals surface area contributed by atoms with Crippen molar-refractivity contribution in [3.8, 4) is 11.4 Å². The van der Waals surface area contributed by atoms with Gasteiger partial charge in [0.15, 0.2) is 0 Å². The molecular formula is C20H20N4O3S. The maximum absolute atomic E-state index is 13.0. The predicted octanol–water partition coefficient (Wildman–Crippen LogP) is 3.72. The molecule has 1 atom stereocenters. The summed E-state index contributed by atoms with van der Waals surface area (Å²) < 4.78 is 5.23. The summed E-state index contributed by atoms with van der Waals surface area (Å²) in [5.41, 5.74) is 1.68. The van der Waals surface area contributed by atoms with Gasteiger partial charge in [-0.1, -0.05) is 42.8 Å². The van der Waals surface area contributed by atoms with E-state index in [-0.39, 0.29) is 18.3 Å². The molecule has 1 fully saturated rings. The van der Waals surface area contributed by atoms with Crippen LogP contribution in [-0.2, 0) is 23.3 Å². The van der Waals surface area contributed by atoms with Crippen LogP contribution in [0.3, 0.4) is 0 Å². The van der Waals surface area contributed by atoms with Crippen molar-refractivity contribution in [2.45, 2.75) is 38.8 Å². The zero-order valence-electron chi connectivity index (χ0n) is 15.6. The van der Waals surface area contributed by atoms with Crippen LogP contribution in [0.1, 0.15) is 37.3 Å². The molecule has 1 saturated heterocycles. The molecule has 3 aromatic rings. The summed E-state index contributed by atoms with van der Waals surface area (Å²) in [4.78, 5) is 30.9. The number of rotatable bonds is 6. The Morgan fingerprint density at radius 1 is 1.21 bits per heavy atom. The van der Waals surface area contributed by atoms with Crippen molar-refractivity contribution in [2.24, 2.45) is 0 Å². The number of carbonyl (C=O) groups excluding carboxylic acids is 2. The fourth-order valence-corrected chi connectivity index (χ4v) is 3.93. The summed E-state index contributed by atoms with van der Waals surface area (Å²) in [5.74, 6) is 0.320. The van der Waals surface area contributed by atoms with Crippen molar-refractivity contribution < 1.29 is 14.1 Å². The second-order valence-corrected chi connectivity index (χ2v) is 7.70. The Labute approximate surface area is 166 Å². The fraction of sp³-hybridized carbons (Fsp3) is 0.300. The molecule has 1 aliphatic heterocycles. The molecule has 0 aliphatic carbocycles. The van der Waals surface area contributed by atoms with E-state index in [0.29, 0.717) is 5.82 Å². The number of carbonyl (C=O) groups is 2. The molecule has 2 aromatic heterocycles. The number of urea groups is 1. The highest BCUT2D eigenvalue weighted by Crippen LogP contribution is 2.30. The Morgan fingerprint density at radius 3 is 2.68 bits per heavy atom. The van der Waals surface area contributed by atoms with E-state index in [1.807, 2.05) is 41.1 Å². The van der Waals surface area contributed by atoms with Gasteiger partial charge in [-0.2, -0.15) is 16.3 Å². The average molecular weight is 396 g/mol. The summed E-state index contributed by atoms with van der Waals surface area (Å²) in [6, 6.07) is 9.20. The van der Waals surface area contributed by atoms with E-state index in [1.54, 1.807) is 6.92 Å². The largest absolute Gasteiger partial charge is 0.337 e. The molecule has 3 amide bonds. The van der Waals surface area contributed by atoms with Crippen LogP contribution in [0.5, 0.6) is 0 Å². The maximum atomic E-state index is 13.0. The molecular weight excluding hydrogens is 376 g/mol. The van der Waals surface area contributed by atoms with E-state index in [9.17, 15) is 9.59 Å². The Hall–Kier alpha value is -3.00. The minimum atomic E-state index is -1.11. The third-order valence-corrected chi connectivity index (χ3v) is 5.57. The molecule has 0 spiro atoms. The van der Waals surface area contributed by atoms with Crippen LogP contribution in [0.2, 0.25) is 0 Å². The van der Waals surface area contributed by atoms with Gasteiger partial charge in [-0.3, -0.25) is 9.69 Å². The third kappa shape index (κ3) is 3.20. The molecule has 28 heavy (non-hydrogen) atoms. The van der Waals surface area contributed by atoms with Crippen LogP contribution in [-0.4, -0.2) is 27.0 Å². The Kier molecular flexibility index (Phi) is 4.72. The molecule has 1 unspecified atom stereocenters. The van der Waals surface area contributed by atoms with Gasteiger partial charge < -0.3 is 9.84 Å². The highest BCUT2D eigenvalue weighted by molar-refractivity contribution is 7.08. The number of amides is 3. The first-order chi connectivity index (χ1) is 13.5. The lowest BCUT2D eigenvalue weighted by Crippen LogP contribution is -2.40. The SMILES string of the molecule is CCCc1ccc(C2(C)NC(=O)N(Cc3nc(-c4ccsc4)no3)C2=O)cc1. The second kappa shape index (κ2) is 7.20. The number of hydrogen-bond donors (Lipinski definition) is 1. The van der Waals surface area contributed by atoms with Crippen molar-refractivity contribution in [1.82, 2.24) is 20.4 Å². The van der Waals surface area contributed by atoms with E-state index in [1.165, 1.54) is 16.9 Å². The zero-order valence-corrected chi connectivity index (χ0v) is 16.5. The molecule has 1 N–H and O–H groups in total. The average Bonchev–Trinajstić information content (AvgIpc) is 3.41. The molecule has 144 valence electrons. The van der Waals surface area contributed by atoms with E-state index in [2.05, 4.69) is 22.4 Å². The van der Waals surface area contributed by atoms with E-state index < -0.39 is 11.6 Å². The summed E-state index contributed by atoms with van der Waals surface area (Å²) in [7, 11) is 0. The van der Waals surface area contributed by atoms with Gasteiger partial charge in [-0.25, -0.2) is 4.79 Å². The maximum Gasteiger partial charge on any atom is 0.325 e. The van der Waals surface area contributed by atoms with Gasteiger partial charge in [-0.05, 0) is 35.9 Å². The lowest BCUT2D eigenvalue weighted by molar-refractivity contribution is -0.131. The smallest absolute Gasteiger partial charge is 0.325 e.